The molecule has 0 aliphatic carbocycles. The van der Waals surface area contributed by atoms with E-state index in [1.54, 1.807) is 6.92 Å². The summed E-state index contributed by atoms with van der Waals surface area (Å²) in [5, 5.41) is 16.8. The lowest BCUT2D eigenvalue weighted by Crippen LogP contribution is -2.00. The number of aromatic nitrogens is 3. The van der Waals surface area contributed by atoms with Gasteiger partial charge in [0.05, 0.1) is 13.0 Å². The molecule has 3 heterocycles. The van der Waals surface area contributed by atoms with E-state index in [-0.39, 0.29) is 5.92 Å². The largest absolute Gasteiger partial charge is 0.381 e. The van der Waals surface area contributed by atoms with E-state index in [1.807, 2.05) is 0 Å². The molecule has 1 unspecified atom stereocenters. The Morgan fingerprint density at radius 3 is 3.00 bits per heavy atom. The van der Waals surface area contributed by atoms with Crippen LogP contribution in [0.2, 0.25) is 0 Å². The Morgan fingerprint density at radius 1 is 1.37 bits per heavy atom. The summed E-state index contributed by atoms with van der Waals surface area (Å²) in [6, 6.07) is 2.06. The lowest BCUT2D eigenvalue weighted by Gasteiger charge is -1.97. The first-order valence-corrected chi connectivity index (χ1v) is 6.03. The average Bonchev–Trinajstić information content (AvgIpc) is 3.11. The molecule has 0 aromatic carbocycles. The highest BCUT2D eigenvalue weighted by molar-refractivity contribution is 5.36. The number of aryl methyl sites for hydroxylation is 1. The highest BCUT2D eigenvalue weighted by Gasteiger charge is 2.24. The van der Waals surface area contributed by atoms with Crippen LogP contribution in [-0.4, -0.2) is 28.5 Å². The quantitative estimate of drug-likeness (QED) is 0.820. The second-order valence-electron chi connectivity index (χ2n) is 4.46. The second kappa shape index (κ2) is 4.82. The summed E-state index contributed by atoms with van der Waals surface area (Å²) in [7, 11) is 0. The molecule has 98 valence electrons. The third kappa shape index (κ3) is 2.22. The summed E-state index contributed by atoms with van der Waals surface area (Å²) in [5.74, 6) is 1.80. The lowest BCUT2D eigenvalue weighted by atomic mass is 10.1. The number of nitrogens with zero attached hydrogens (tertiary/aromatic N) is 4. The number of hydrogen-bond acceptors (Lipinski definition) is 7. The summed E-state index contributed by atoms with van der Waals surface area (Å²) < 4.78 is 15.5. The van der Waals surface area contributed by atoms with Crippen molar-refractivity contribution >= 4 is 0 Å². The van der Waals surface area contributed by atoms with Crippen LogP contribution in [0.1, 0.15) is 41.1 Å². The molecular weight excluding hydrogens is 248 g/mol. The Kier molecular flexibility index (Phi) is 3.01. The van der Waals surface area contributed by atoms with E-state index in [2.05, 4.69) is 21.4 Å². The Bertz CT molecular complexity index is 619. The van der Waals surface area contributed by atoms with Crippen LogP contribution in [0.3, 0.4) is 0 Å². The molecule has 2 aromatic rings. The molecule has 1 aliphatic heterocycles. The van der Waals surface area contributed by atoms with Gasteiger partial charge in [-0.25, -0.2) is 0 Å². The third-order valence-corrected chi connectivity index (χ3v) is 3.14. The van der Waals surface area contributed by atoms with Crippen molar-refractivity contribution in [3.05, 3.63) is 28.7 Å². The molecule has 0 saturated carbocycles. The number of rotatable bonds is 3. The number of ether oxygens (including phenoxy) is 1. The molecule has 1 fully saturated rings. The van der Waals surface area contributed by atoms with Crippen LogP contribution in [0.15, 0.2) is 9.05 Å². The highest BCUT2D eigenvalue weighted by Crippen LogP contribution is 2.23. The first-order chi connectivity index (χ1) is 9.28. The molecule has 2 aromatic heterocycles. The van der Waals surface area contributed by atoms with Crippen molar-refractivity contribution in [3.63, 3.8) is 0 Å². The molecule has 0 spiro atoms. The Hall–Kier alpha value is -2.20. The minimum absolute atomic E-state index is 0.201. The molecule has 0 bridgehead atoms. The Balaban J connectivity index is 1.78. The van der Waals surface area contributed by atoms with Crippen LogP contribution in [0.25, 0.3) is 0 Å². The van der Waals surface area contributed by atoms with Gasteiger partial charge in [0, 0.05) is 12.5 Å². The van der Waals surface area contributed by atoms with E-state index < -0.39 is 0 Å². The predicted octanol–water partition coefficient (Wildman–Crippen LogP) is 1.33. The Morgan fingerprint density at radius 2 is 2.26 bits per heavy atom. The van der Waals surface area contributed by atoms with Gasteiger partial charge in [-0.2, -0.15) is 10.2 Å². The minimum atomic E-state index is 0.201. The molecule has 1 atom stereocenters. The predicted molar refractivity (Wildman–Crippen MR) is 61.2 cm³/mol. The van der Waals surface area contributed by atoms with E-state index in [0.29, 0.717) is 41.8 Å². The zero-order valence-corrected chi connectivity index (χ0v) is 10.4. The standard InChI is InChI=1S/C12H12N4O3/c1-7-9(5-13)10(15-18-7)4-11-14-12(16-19-11)8-2-3-17-6-8/h8H,2-4,6H2,1H3. The van der Waals surface area contributed by atoms with Gasteiger partial charge in [0.1, 0.15) is 17.3 Å². The van der Waals surface area contributed by atoms with Gasteiger partial charge in [-0.1, -0.05) is 10.3 Å². The molecule has 0 radical (unpaired) electrons. The normalized spacial score (nSPS) is 18.6. The topological polar surface area (TPSA) is 98.0 Å². The summed E-state index contributed by atoms with van der Waals surface area (Å²) >= 11 is 0. The summed E-state index contributed by atoms with van der Waals surface area (Å²) in [6.45, 7) is 3.06. The highest BCUT2D eigenvalue weighted by atomic mass is 16.5. The van der Waals surface area contributed by atoms with Crippen molar-refractivity contribution in [2.24, 2.45) is 0 Å². The molecular formula is C12H12N4O3. The summed E-state index contributed by atoms with van der Waals surface area (Å²) in [4.78, 5) is 4.32. The van der Waals surface area contributed by atoms with Gasteiger partial charge in [-0.05, 0) is 13.3 Å². The lowest BCUT2D eigenvalue weighted by molar-refractivity contribution is 0.192. The van der Waals surface area contributed by atoms with Crippen LogP contribution < -0.4 is 0 Å². The van der Waals surface area contributed by atoms with Gasteiger partial charge in [0.15, 0.2) is 11.6 Å². The molecule has 7 nitrogen and oxygen atoms in total. The van der Waals surface area contributed by atoms with Gasteiger partial charge >= 0.3 is 0 Å². The SMILES string of the molecule is Cc1onc(Cc2nc(C3CCOC3)no2)c1C#N. The van der Waals surface area contributed by atoms with Gasteiger partial charge in [-0.3, -0.25) is 0 Å². The van der Waals surface area contributed by atoms with Crippen molar-refractivity contribution in [2.75, 3.05) is 13.2 Å². The van der Waals surface area contributed by atoms with E-state index in [1.165, 1.54) is 0 Å². The van der Waals surface area contributed by atoms with E-state index >= 15 is 0 Å². The zero-order valence-electron chi connectivity index (χ0n) is 10.4. The molecule has 19 heavy (non-hydrogen) atoms. The fourth-order valence-electron chi connectivity index (χ4n) is 2.07. The maximum Gasteiger partial charge on any atom is 0.232 e. The second-order valence-corrected chi connectivity index (χ2v) is 4.46. The van der Waals surface area contributed by atoms with Crippen LogP contribution >= 0.6 is 0 Å². The average molecular weight is 260 g/mol. The van der Waals surface area contributed by atoms with Gasteiger partial charge < -0.3 is 13.8 Å². The molecule has 0 N–H and O–H groups in total. The van der Waals surface area contributed by atoms with Crippen LogP contribution in [-0.2, 0) is 11.2 Å². The molecule has 7 heteroatoms. The van der Waals surface area contributed by atoms with Gasteiger partial charge in [0.25, 0.3) is 0 Å². The maximum absolute atomic E-state index is 9.01. The first kappa shape index (κ1) is 11.9. The van der Waals surface area contributed by atoms with Gasteiger partial charge in [0.2, 0.25) is 5.89 Å². The third-order valence-electron chi connectivity index (χ3n) is 3.14. The number of hydrogen-bond donors (Lipinski definition) is 0. The smallest absolute Gasteiger partial charge is 0.232 e. The van der Waals surface area contributed by atoms with E-state index in [9.17, 15) is 0 Å². The van der Waals surface area contributed by atoms with Crippen LogP contribution in [0, 0.1) is 18.3 Å². The first-order valence-electron chi connectivity index (χ1n) is 6.03. The molecule has 1 aliphatic rings. The minimum Gasteiger partial charge on any atom is -0.381 e. The van der Waals surface area contributed by atoms with Crippen molar-refractivity contribution in [1.82, 2.24) is 15.3 Å². The van der Waals surface area contributed by atoms with Crippen molar-refractivity contribution in [3.8, 4) is 6.07 Å². The van der Waals surface area contributed by atoms with Crippen molar-refractivity contribution in [2.45, 2.75) is 25.7 Å². The summed E-state index contributed by atoms with van der Waals surface area (Å²) in [6.07, 6.45) is 1.21. The molecule has 0 amide bonds. The zero-order chi connectivity index (χ0) is 13.2. The van der Waals surface area contributed by atoms with Crippen molar-refractivity contribution in [1.29, 1.82) is 5.26 Å². The molecule has 3 rings (SSSR count). The van der Waals surface area contributed by atoms with Crippen LogP contribution in [0.5, 0.6) is 0 Å². The summed E-state index contributed by atoms with van der Waals surface area (Å²) in [5.41, 5.74) is 0.960. The van der Waals surface area contributed by atoms with E-state index in [0.717, 1.165) is 13.0 Å². The monoisotopic (exact) mass is 260 g/mol. The fourth-order valence-corrected chi connectivity index (χ4v) is 2.07. The van der Waals surface area contributed by atoms with Crippen molar-refractivity contribution < 1.29 is 13.8 Å². The van der Waals surface area contributed by atoms with Gasteiger partial charge in [-0.15, -0.1) is 0 Å². The Labute approximate surface area is 109 Å². The fraction of sp³-hybridized carbons (Fsp3) is 0.500. The maximum atomic E-state index is 9.01. The van der Waals surface area contributed by atoms with E-state index in [4.69, 9.17) is 19.0 Å². The van der Waals surface area contributed by atoms with Crippen LogP contribution in [0.4, 0.5) is 0 Å². The number of nitriles is 1. The molecule has 1 saturated heterocycles.